The van der Waals surface area contributed by atoms with Crippen LogP contribution in [0.5, 0.6) is 5.75 Å². The van der Waals surface area contributed by atoms with E-state index < -0.39 is 12.0 Å². The number of carbonyl (C=O) groups is 1. The predicted octanol–water partition coefficient (Wildman–Crippen LogP) is 4.29. The summed E-state index contributed by atoms with van der Waals surface area (Å²) in [5.74, 6) is 2.99. The van der Waals surface area contributed by atoms with Gasteiger partial charge < -0.3 is 14.3 Å². The summed E-state index contributed by atoms with van der Waals surface area (Å²) in [5, 5.41) is 11.4. The number of aryl methyl sites for hydroxylation is 1. The predicted molar refractivity (Wildman–Crippen MR) is 114 cm³/mol. The lowest BCUT2D eigenvalue weighted by Crippen LogP contribution is -2.46. The van der Waals surface area contributed by atoms with Crippen molar-refractivity contribution in [2.75, 3.05) is 18.1 Å². The van der Waals surface area contributed by atoms with Crippen molar-refractivity contribution in [2.24, 2.45) is 0 Å². The van der Waals surface area contributed by atoms with Gasteiger partial charge in [-0.2, -0.15) is 11.8 Å². The number of carboxylic acids is 1. The number of aliphatic carboxylic acids is 1. The van der Waals surface area contributed by atoms with Gasteiger partial charge >= 0.3 is 5.97 Å². The monoisotopic (exact) mass is 430 g/mol. The highest BCUT2D eigenvalue weighted by atomic mass is 32.2. The molecule has 0 amide bonds. The van der Waals surface area contributed by atoms with Crippen molar-refractivity contribution >= 4 is 29.1 Å². The van der Waals surface area contributed by atoms with Gasteiger partial charge in [0.15, 0.2) is 0 Å². The van der Waals surface area contributed by atoms with Crippen molar-refractivity contribution in [1.82, 2.24) is 9.88 Å². The topological polar surface area (TPSA) is 75.8 Å². The average Bonchev–Trinajstić information content (AvgIpc) is 3.38. The van der Waals surface area contributed by atoms with E-state index in [-0.39, 0.29) is 0 Å². The highest BCUT2D eigenvalue weighted by molar-refractivity contribution is 7.99. The number of thioether (sulfide) groups is 1. The van der Waals surface area contributed by atoms with E-state index in [1.165, 1.54) is 0 Å². The second kappa shape index (κ2) is 9.02. The fourth-order valence-electron chi connectivity index (χ4n) is 3.20. The van der Waals surface area contributed by atoms with Crippen LogP contribution in [0.4, 0.5) is 0 Å². The summed E-state index contributed by atoms with van der Waals surface area (Å²) in [6.45, 7) is 3.65. The van der Waals surface area contributed by atoms with Crippen LogP contribution in [0.2, 0.25) is 0 Å². The fraction of sp³-hybridized carbons (Fsp3) is 0.333. The quantitative estimate of drug-likeness (QED) is 0.599. The minimum atomic E-state index is -0.748. The second-order valence-electron chi connectivity index (χ2n) is 6.83. The summed E-state index contributed by atoms with van der Waals surface area (Å²) in [6, 6.07) is 11.3. The molecule has 1 fully saturated rings. The Morgan fingerprint density at radius 1 is 1.34 bits per heavy atom. The van der Waals surface area contributed by atoms with Crippen LogP contribution in [-0.2, 0) is 17.9 Å². The molecule has 1 aliphatic rings. The number of oxazole rings is 1. The van der Waals surface area contributed by atoms with Crippen LogP contribution in [0.25, 0.3) is 10.8 Å². The third kappa shape index (κ3) is 4.83. The number of aromatic nitrogens is 1. The van der Waals surface area contributed by atoms with Gasteiger partial charge in [-0.3, -0.25) is 9.69 Å². The summed E-state index contributed by atoms with van der Waals surface area (Å²) in [7, 11) is 0. The number of ether oxygens (including phenoxy) is 1. The van der Waals surface area contributed by atoms with Crippen molar-refractivity contribution in [3.63, 3.8) is 0 Å². The van der Waals surface area contributed by atoms with E-state index in [0.29, 0.717) is 24.8 Å². The highest BCUT2D eigenvalue weighted by Gasteiger charge is 2.28. The van der Waals surface area contributed by atoms with E-state index in [1.54, 1.807) is 23.1 Å². The van der Waals surface area contributed by atoms with Crippen LogP contribution in [0, 0.1) is 6.92 Å². The molecule has 3 aromatic rings. The van der Waals surface area contributed by atoms with Gasteiger partial charge in [-0.25, -0.2) is 4.98 Å². The summed E-state index contributed by atoms with van der Waals surface area (Å²) in [6.07, 6.45) is 0. The van der Waals surface area contributed by atoms with Gasteiger partial charge in [-0.15, -0.1) is 11.3 Å². The Labute approximate surface area is 177 Å². The Balaban J connectivity index is 1.36. The number of carboxylic acid groups (broad SMARTS) is 1. The maximum absolute atomic E-state index is 11.4. The molecule has 1 N–H and O–H groups in total. The molecule has 152 valence electrons. The van der Waals surface area contributed by atoms with Crippen LogP contribution in [0.3, 0.4) is 0 Å². The number of nitrogens with zero attached hydrogens (tertiary/aromatic N) is 2. The van der Waals surface area contributed by atoms with Gasteiger partial charge in [0.1, 0.15) is 29.9 Å². The fourth-order valence-corrected chi connectivity index (χ4v) is 4.96. The lowest BCUT2D eigenvalue weighted by molar-refractivity contribution is -0.142. The first-order chi connectivity index (χ1) is 14.1. The van der Waals surface area contributed by atoms with E-state index in [9.17, 15) is 9.90 Å². The first-order valence-corrected chi connectivity index (χ1v) is 11.4. The third-order valence-electron chi connectivity index (χ3n) is 4.83. The zero-order chi connectivity index (χ0) is 20.2. The maximum Gasteiger partial charge on any atom is 0.321 e. The van der Waals surface area contributed by atoms with Crippen LogP contribution < -0.4 is 4.74 Å². The molecule has 8 heteroatoms. The van der Waals surface area contributed by atoms with Crippen molar-refractivity contribution in [3.8, 4) is 16.5 Å². The minimum absolute atomic E-state index is 0.338. The number of thiophene rings is 1. The summed E-state index contributed by atoms with van der Waals surface area (Å²) in [4.78, 5) is 19.0. The molecule has 1 atom stereocenters. The molecule has 3 heterocycles. The van der Waals surface area contributed by atoms with E-state index in [4.69, 9.17) is 9.15 Å². The SMILES string of the molecule is Cc1oc(-c2cccs2)nc1COc1ccc(CN2CCSCC2C(=O)O)cc1. The smallest absolute Gasteiger partial charge is 0.321 e. The average molecular weight is 431 g/mol. The normalized spacial score (nSPS) is 17.3. The highest BCUT2D eigenvalue weighted by Crippen LogP contribution is 2.27. The zero-order valence-corrected chi connectivity index (χ0v) is 17.7. The lowest BCUT2D eigenvalue weighted by atomic mass is 10.1. The Morgan fingerprint density at radius 2 is 2.17 bits per heavy atom. The van der Waals surface area contributed by atoms with Crippen molar-refractivity contribution < 1.29 is 19.1 Å². The van der Waals surface area contributed by atoms with E-state index in [1.807, 2.05) is 53.6 Å². The Hall–Kier alpha value is -2.29. The molecular weight excluding hydrogens is 408 g/mol. The number of rotatable bonds is 7. The molecule has 4 rings (SSSR count). The first kappa shape index (κ1) is 20.0. The first-order valence-electron chi connectivity index (χ1n) is 9.36. The molecule has 1 aliphatic heterocycles. The van der Waals surface area contributed by atoms with Crippen LogP contribution in [0.1, 0.15) is 17.0 Å². The van der Waals surface area contributed by atoms with Gasteiger partial charge in [0.25, 0.3) is 0 Å². The summed E-state index contributed by atoms with van der Waals surface area (Å²) >= 11 is 3.29. The van der Waals surface area contributed by atoms with Crippen molar-refractivity contribution in [2.45, 2.75) is 26.1 Å². The molecule has 0 saturated carbocycles. The molecule has 0 spiro atoms. The Kier molecular flexibility index (Phi) is 6.22. The van der Waals surface area contributed by atoms with Crippen LogP contribution in [0.15, 0.2) is 46.2 Å². The molecule has 0 bridgehead atoms. The van der Waals surface area contributed by atoms with Crippen molar-refractivity contribution in [1.29, 1.82) is 0 Å². The second-order valence-corrected chi connectivity index (χ2v) is 8.93. The maximum atomic E-state index is 11.4. The summed E-state index contributed by atoms with van der Waals surface area (Å²) < 4.78 is 11.6. The van der Waals surface area contributed by atoms with Gasteiger partial charge in [0, 0.05) is 24.6 Å². The molecule has 29 heavy (non-hydrogen) atoms. The zero-order valence-electron chi connectivity index (χ0n) is 16.0. The van der Waals surface area contributed by atoms with Crippen molar-refractivity contribution in [3.05, 3.63) is 58.8 Å². The molecule has 0 radical (unpaired) electrons. The van der Waals surface area contributed by atoms with Gasteiger partial charge in [-0.1, -0.05) is 18.2 Å². The number of benzene rings is 1. The third-order valence-corrected chi connectivity index (χ3v) is 6.71. The molecule has 2 aromatic heterocycles. The van der Waals surface area contributed by atoms with E-state index in [2.05, 4.69) is 4.98 Å². The van der Waals surface area contributed by atoms with Crippen LogP contribution in [-0.4, -0.2) is 45.1 Å². The molecular formula is C21H22N2O4S2. The molecule has 1 aromatic carbocycles. The summed E-state index contributed by atoms with van der Waals surface area (Å²) in [5.41, 5.74) is 1.86. The molecule has 0 aliphatic carbocycles. The largest absolute Gasteiger partial charge is 0.487 e. The number of hydrogen-bond donors (Lipinski definition) is 1. The Morgan fingerprint density at radius 3 is 2.90 bits per heavy atom. The van der Waals surface area contributed by atoms with Gasteiger partial charge in [-0.05, 0) is 36.1 Å². The van der Waals surface area contributed by atoms with Crippen LogP contribution >= 0.6 is 23.1 Å². The number of hydrogen-bond acceptors (Lipinski definition) is 7. The van der Waals surface area contributed by atoms with Gasteiger partial charge in [0.05, 0.1) is 4.88 Å². The van der Waals surface area contributed by atoms with E-state index >= 15 is 0 Å². The molecule has 1 saturated heterocycles. The van der Waals surface area contributed by atoms with Gasteiger partial charge in [0.2, 0.25) is 5.89 Å². The standard InChI is InChI=1S/C21H22N2O4S2/c1-14-17(22-20(27-14)19-3-2-9-29-19)12-26-16-6-4-15(5-7-16)11-23-8-10-28-13-18(23)21(24)25/h2-7,9,18H,8,10-13H2,1H3,(H,24,25). The Bertz CT molecular complexity index is 954. The molecule has 1 unspecified atom stereocenters. The molecule has 6 nitrogen and oxygen atoms in total. The lowest BCUT2D eigenvalue weighted by Gasteiger charge is -2.32. The van der Waals surface area contributed by atoms with E-state index in [0.717, 1.165) is 39.9 Å². The minimum Gasteiger partial charge on any atom is -0.487 e.